The van der Waals surface area contributed by atoms with E-state index in [1.807, 2.05) is 6.20 Å². The molecule has 11 rings (SSSR count). The molecule has 8 aromatic carbocycles. The van der Waals surface area contributed by atoms with Gasteiger partial charge in [0, 0.05) is 62.0 Å². The standard InChI is InChI=1S/C51H34N4/c1-4-15-35(16-5-1)51-52-31-32-53(51)50-40(36-27-29-48-44(33-36)42-21-10-12-25-46(42)54(48)38-17-6-2-7-18-38)23-14-24-41(50)37-28-30-49-45(34-37)43-22-11-13-26-47(43)55(49)39-19-8-3-9-20-39/h1-34H. The average Bonchev–Trinajstić information content (AvgIpc) is 3.97. The third-order valence-electron chi connectivity index (χ3n) is 10.9. The van der Waals surface area contributed by atoms with E-state index in [1.54, 1.807) is 0 Å². The van der Waals surface area contributed by atoms with Crippen molar-refractivity contribution in [1.82, 2.24) is 18.7 Å². The molecule has 3 aromatic heterocycles. The number of hydrogen-bond donors (Lipinski definition) is 0. The maximum Gasteiger partial charge on any atom is 0.144 e. The first kappa shape index (κ1) is 31.1. The Morgan fingerprint density at radius 3 is 1.33 bits per heavy atom. The van der Waals surface area contributed by atoms with Gasteiger partial charge in [-0.2, -0.15) is 0 Å². The Morgan fingerprint density at radius 1 is 0.345 bits per heavy atom. The van der Waals surface area contributed by atoms with E-state index in [-0.39, 0.29) is 0 Å². The summed E-state index contributed by atoms with van der Waals surface area (Å²) in [5.41, 5.74) is 13.8. The van der Waals surface area contributed by atoms with Gasteiger partial charge in [-0.05, 0) is 71.8 Å². The number of fused-ring (bicyclic) bond motifs is 6. The molecule has 0 saturated carbocycles. The van der Waals surface area contributed by atoms with Crippen molar-refractivity contribution in [2.45, 2.75) is 0 Å². The molecule has 3 heterocycles. The normalized spacial score (nSPS) is 11.6. The van der Waals surface area contributed by atoms with Gasteiger partial charge < -0.3 is 9.13 Å². The summed E-state index contributed by atoms with van der Waals surface area (Å²) in [5, 5.41) is 4.90. The smallest absolute Gasteiger partial charge is 0.144 e. The first-order valence-corrected chi connectivity index (χ1v) is 18.7. The number of nitrogens with zero attached hydrogens (tertiary/aromatic N) is 4. The van der Waals surface area contributed by atoms with Gasteiger partial charge in [-0.1, -0.05) is 133 Å². The summed E-state index contributed by atoms with van der Waals surface area (Å²) >= 11 is 0. The van der Waals surface area contributed by atoms with Gasteiger partial charge in [-0.3, -0.25) is 4.57 Å². The lowest BCUT2D eigenvalue weighted by molar-refractivity contribution is 1.07. The van der Waals surface area contributed by atoms with Crippen molar-refractivity contribution in [1.29, 1.82) is 0 Å². The van der Waals surface area contributed by atoms with Crippen LogP contribution in [-0.4, -0.2) is 18.7 Å². The third kappa shape index (κ3) is 4.96. The third-order valence-corrected chi connectivity index (χ3v) is 10.9. The minimum Gasteiger partial charge on any atom is -0.309 e. The van der Waals surface area contributed by atoms with Crippen LogP contribution in [0, 0.1) is 0 Å². The maximum atomic E-state index is 4.94. The van der Waals surface area contributed by atoms with Gasteiger partial charge in [0.15, 0.2) is 0 Å². The minimum atomic E-state index is 0.901. The van der Waals surface area contributed by atoms with Gasteiger partial charge in [-0.15, -0.1) is 0 Å². The maximum absolute atomic E-state index is 4.94. The molecule has 11 aromatic rings. The fourth-order valence-corrected chi connectivity index (χ4v) is 8.54. The Hall–Kier alpha value is -7.43. The van der Waals surface area contributed by atoms with Gasteiger partial charge in [-0.25, -0.2) is 4.98 Å². The summed E-state index contributed by atoms with van der Waals surface area (Å²) in [6, 6.07) is 69.8. The van der Waals surface area contributed by atoms with Crippen molar-refractivity contribution < 1.29 is 0 Å². The molecule has 0 spiro atoms. The molecule has 0 aliphatic heterocycles. The van der Waals surface area contributed by atoms with E-state index in [0.29, 0.717) is 0 Å². The van der Waals surface area contributed by atoms with E-state index >= 15 is 0 Å². The molecule has 0 aliphatic rings. The largest absolute Gasteiger partial charge is 0.309 e. The molecule has 55 heavy (non-hydrogen) atoms. The topological polar surface area (TPSA) is 27.7 Å². The lowest BCUT2D eigenvalue weighted by Gasteiger charge is -2.19. The number of aromatic nitrogens is 4. The van der Waals surface area contributed by atoms with Crippen LogP contribution in [0.1, 0.15) is 0 Å². The summed E-state index contributed by atoms with van der Waals surface area (Å²) in [4.78, 5) is 4.94. The molecule has 0 bridgehead atoms. The molecule has 0 amide bonds. The fraction of sp³-hybridized carbons (Fsp3) is 0. The minimum absolute atomic E-state index is 0.901. The Kier molecular flexibility index (Phi) is 7.14. The Morgan fingerprint density at radius 2 is 0.800 bits per heavy atom. The monoisotopic (exact) mass is 702 g/mol. The molecule has 0 radical (unpaired) electrons. The number of hydrogen-bond acceptors (Lipinski definition) is 1. The molecular weight excluding hydrogens is 669 g/mol. The van der Waals surface area contributed by atoms with E-state index in [4.69, 9.17) is 4.98 Å². The molecule has 0 aliphatic carbocycles. The van der Waals surface area contributed by atoms with Crippen LogP contribution in [-0.2, 0) is 0 Å². The second-order valence-corrected chi connectivity index (χ2v) is 14.0. The average molecular weight is 703 g/mol. The summed E-state index contributed by atoms with van der Waals surface area (Å²) < 4.78 is 7.02. The van der Waals surface area contributed by atoms with E-state index in [9.17, 15) is 0 Å². The van der Waals surface area contributed by atoms with E-state index in [2.05, 4.69) is 214 Å². The van der Waals surface area contributed by atoms with Gasteiger partial charge in [0.2, 0.25) is 0 Å². The van der Waals surface area contributed by atoms with Crippen molar-refractivity contribution in [3.8, 4) is 50.7 Å². The predicted octanol–water partition coefficient (Wildman–Crippen LogP) is 13.1. The highest BCUT2D eigenvalue weighted by Gasteiger charge is 2.21. The van der Waals surface area contributed by atoms with Crippen LogP contribution in [0.5, 0.6) is 0 Å². The zero-order chi connectivity index (χ0) is 36.3. The molecule has 0 N–H and O–H groups in total. The second kappa shape index (κ2) is 12.6. The summed E-state index contributed by atoms with van der Waals surface area (Å²) in [7, 11) is 0. The molecule has 4 heteroatoms. The van der Waals surface area contributed by atoms with Gasteiger partial charge in [0.25, 0.3) is 0 Å². The van der Waals surface area contributed by atoms with Crippen LogP contribution in [0.2, 0.25) is 0 Å². The van der Waals surface area contributed by atoms with E-state index in [1.165, 1.54) is 43.6 Å². The molecule has 0 atom stereocenters. The molecule has 4 nitrogen and oxygen atoms in total. The summed E-state index contributed by atoms with van der Waals surface area (Å²) in [6.07, 6.45) is 4.01. The Balaban J connectivity index is 1.17. The molecule has 258 valence electrons. The first-order valence-electron chi connectivity index (χ1n) is 18.7. The molecular formula is C51H34N4. The predicted molar refractivity (Wildman–Crippen MR) is 229 cm³/mol. The quantitative estimate of drug-likeness (QED) is 0.169. The highest BCUT2D eigenvalue weighted by atomic mass is 15.1. The fourth-order valence-electron chi connectivity index (χ4n) is 8.54. The van der Waals surface area contributed by atoms with Crippen LogP contribution in [0.4, 0.5) is 0 Å². The Labute approximate surface area is 318 Å². The summed E-state index contributed by atoms with van der Waals surface area (Å²) in [5.74, 6) is 0.901. The van der Waals surface area contributed by atoms with Gasteiger partial charge in [0.1, 0.15) is 5.82 Å². The van der Waals surface area contributed by atoms with Crippen molar-refractivity contribution in [2.24, 2.45) is 0 Å². The number of imidazole rings is 1. The highest BCUT2D eigenvalue weighted by molar-refractivity contribution is 6.12. The number of rotatable bonds is 6. The van der Waals surface area contributed by atoms with Crippen molar-refractivity contribution in [3.05, 3.63) is 207 Å². The lowest BCUT2D eigenvalue weighted by Crippen LogP contribution is -2.02. The molecule has 0 fully saturated rings. The van der Waals surface area contributed by atoms with Crippen LogP contribution in [0.3, 0.4) is 0 Å². The van der Waals surface area contributed by atoms with Crippen molar-refractivity contribution in [2.75, 3.05) is 0 Å². The van der Waals surface area contributed by atoms with E-state index < -0.39 is 0 Å². The second-order valence-electron chi connectivity index (χ2n) is 14.0. The zero-order valence-corrected chi connectivity index (χ0v) is 29.9. The zero-order valence-electron chi connectivity index (χ0n) is 29.9. The SMILES string of the molecule is c1ccc(-c2nccn2-c2c(-c3ccc4c(c3)c3ccccc3n4-c3ccccc3)cccc2-c2ccc3c(c2)c2ccccc2n3-c2ccccc2)cc1. The van der Waals surface area contributed by atoms with Crippen LogP contribution in [0.15, 0.2) is 207 Å². The van der Waals surface area contributed by atoms with Crippen molar-refractivity contribution >= 4 is 43.6 Å². The van der Waals surface area contributed by atoms with Crippen LogP contribution >= 0.6 is 0 Å². The van der Waals surface area contributed by atoms with Crippen molar-refractivity contribution in [3.63, 3.8) is 0 Å². The lowest BCUT2D eigenvalue weighted by atomic mass is 9.94. The summed E-state index contributed by atoms with van der Waals surface area (Å²) in [6.45, 7) is 0. The highest BCUT2D eigenvalue weighted by Crippen LogP contribution is 2.42. The first-order chi connectivity index (χ1) is 27.3. The van der Waals surface area contributed by atoms with Crippen LogP contribution in [0.25, 0.3) is 94.3 Å². The Bertz CT molecular complexity index is 3010. The number of benzene rings is 8. The number of para-hydroxylation sites is 5. The van der Waals surface area contributed by atoms with Crippen LogP contribution < -0.4 is 0 Å². The van der Waals surface area contributed by atoms with E-state index in [0.717, 1.165) is 50.7 Å². The molecule has 0 saturated heterocycles. The van der Waals surface area contributed by atoms with Gasteiger partial charge in [0.05, 0.1) is 27.8 Å². The van der Waals surface area contributed by atoms with Gasteiger partial charge >= 0.3 is 0 Å². The molecule has 0 unspecified atom stereocenters.